The summed E-state index contributed by atoms with van der Waals surface area (Å²) in [6.45, 7) is 0. The van der Waals surface area contributed by atoms with Crippen LogP contribution in [0.5, 0.6) is 0 Å². The molecule has 1 aromatic rings. The molecule has 0 spiro atoms. The summed E-state index contributed by atoms with van der Waals surface area (Å²) in [7, 11) is 0. The minimum atomic E-state index is -2.72. The van der Waals surface area contributed by atoms with Gasteiger partial charge < -0.3 is 0 Å². The predicted octanol–water partition coefficient (Wildman–Crippen LogP) is 2.88. The van der Waals surface area contributed by atoms with Gasteiger partial charge in [-0.2, -0.15) is 8.78 Å². The van der Waals surface area contributed by atoms with Gasteiger partial charge in [-0.25, -0.2) is 4.98 Å². The van der Waals surface area contributed by atoms with Gasteiger partial charge in [-0.1, -0.05) is 6.07 Å². The van der Waals surface area contributed by atoms with Crippen LogP contribution in [0.1, 0.15) is 17.7 Å². The normalized spacial score (nSPS) is 19.2. The summed E-state index contributed by atoms with van der Waals surface area (Å²) in [5.74, 6) is -2.72. The Labute approximate surface area is 76.9 Å². The summed E-state index contributed by atoms with van der Waals surface area (Å²) in [5.41, 5.74) is 0.611. The summed E-state index contributed by atoms with van der Waals surface area (Å²) >= 11 is 3.07. The molecule has 2 rings (SSSR count). The number of hydrogen-bond donors (Lipinski definition) is 0. The smallest absolute Gasteiger partial charge is 0.239 e. The van der Waals surface area contributed by atoms with Crippen LogP contribution in [0.2, 0.25) is 0 Å². The maximum absolute atomic E-state index is 13.0. The molecule has 1 aliphatic carbocycles. The van der Waals surface area contributed by atoms with Crippen LogP contribution in [0.15, 0.2) is 16.7 Å². The number of nitrogens with zero attached hydrogens (tertiary/aromatic N) is 1. The molecule has 0 fully saturated rings. The van der Waals surface area contributed by atoms with Crippen molar-refractivity contribution in [1.29, 1.82) is 0 Å². The van der Waals surface area contributed by atoms with Crippen molar-refractivity contribution in [2.45, 2.75) is 18.8 Å². The lowest BCUT2D eigenvalue weighted by atomic mass is 10.2. The third-order valence-electron chi connectivity index (χ3n) is 2.00. The Morgan fingerprint density at radius 2 is 2.17 bits per heavy atom. The zero-order valence-corrected chi connectivity index (χ0v) is 7.74. The second kappa shape index (κ2) is 2.49. The number of pyridine rings is 1. The van der Waals surface area contributed by atoms with Crippen molar-refractivity contribution < 1.29 is 8.78 Å². The topological polar surface area (TPSA) is 12.9 Å². The molecule has 1 nitrogen and oxygen atoms in total. The fourth-order valence-corrected chi connectivity index (χ4v) is 1.70. The Morgan fingerprint density at radius 1 is 1.42 bits per heavy atom. The highest BCUT2D eigenvalue weighted by Crippen LogP contribution is 2.40. The van der Waals surface area contributed by atoms with Crippen molar-refractivity contribution in [3.63, 3.8) is 0 Å². The highest BCUT2D eigenvalue weighted by atomic mass is 79.9. The summed E-state index contributed by atoms with van der Waals surface area (Å²) in [6.07, 6.45) is 0.328. The first-order chi connectivity index (χ1) is 5.59. The molecule has 0 aliphatic heterocycles. The molecular formula is C8H6BrF2N. The minimum Gasteiger partial charge on any atom is -0.239 e. The van der Waals surface area contributed by atoms with Gasteiger partial charge in [-0.05, 0) is 34.0 Å². The van der Waals surface area contributed by atoms with E-state index in [2.05, 4.69) is 20.9 Å². The summed E-state index contributed by atoms with van der Waals surface area (Å²) < 4.78 is 26.5. The molecule has 1 heterocycles. The van der Waals surface area contributed by atoms with E-state index in [1.165, 1.54) is 0 Å². The van der Waals surface area contributed by atoms with E-state index < -0.39 is 5.92 Å². The number of fused-ring (bicyclic) bond motifs is 1. The number of hydrogen-bond acceptors (Lipinski definition) is 1. The van der Waals surface area contributed by atoms with Crippen molar-refractivity contribution in [1.82, 2.24) is 4.98 Å². The second-order valence-electron chi connectivity index (χ2n) is 2.85. The summed E-state index contributed by atoms with van der Waals surface area (Å²) in [4.78, 5) is 3.77. The van der Waals surface area contributed by atoms with Crippen molar-refractivity contribution in [3.05, 3.63) is 28.0 Å². The Morgan fingerprint density at radius 3 is 2.92 bits per heavy atom. The zero-order valence-electron chi connectivity index (χ0n) is 6.15. The van der Waals surface area contributed by atoms with Gasteiger partial charge in [0, 0.05) is 6.42 Å². The van der Waals surface area contributed by atoms with Crippen molar-refractivity contribution in [2.24, 2.45) is 0 Å². The van der Waals surface area contributed by atoms with E-state index in [0.29, 0.717) is 16.6 Å². The van der Waals surface area contributed by atoms with Gasteiger partial charge in [-0.15, -0.1) is 0 Å². The fourth-order valence-electron chi connectivity index (χ4n) is 1.39. The van der Waals surface area contributed by atoms with E-state index in [1.54, 1.807) is 12.1 Å². The van der Waals surface area contributed by atoms with Crippen LogP contribution in [0, 0.1) is 0 Å². The van der Waals surface area contributed by atoms with E-state index in [1.807, 2.05) is 0 Å². The first-order valence-electron chi connectivity index (χ1n) is 3.63. The molecule has 1 aliphatic rings. The van der Waals surface area contributed by atoms with Gasteiger partial charge in [-0.3, -0.25) is 0 Å². The van der Waals surface area contributed by atoms with Crippen LogP contribution >= 0.6 is 15.9 Å². The number of halogens is 3. The van der Waals surface area contributed by atoms with Crippen LogP contribution in [0.3, 0.4) is 0 Å². The Kier molecular flexibility index (Phi) is 1.68. The number of rotatable bonds is 0. The number of aryl methyl sites for hydroxylation is 1. The molecule has 0 amide bonds. The molecule has 1 aromatic heterocycles. The average molecular weight is 234 g/mol. The maximum atomic E-state index is 13.0. The third-order valence-corrected chi connectivity index (χ3v) is 2.44. The van der Waals surface area contributed by atoms with Crippen molar-refractivity contribution in [3.8, 4) is 0 Å². The molecule has 0 saturated carbocycles. The average Bonchev–Trinajstić information content (AvgIpc) is 2.28. The lowest BCUT2D eigenvalue weighted by Crippen LogP contribution is -2.09. The van der Waals surface area contributed by atoms with Crippen molar-refractivity contribution >= 4 is 15.9 Å². The lowest BCUT2D eigenvalue weighted by molar-refractivity contribution is -0.00605. The van der Waals surface area contributed by atoms with Gasteiger partial charge >= 0.3 is 0 Å². The van der Waals surface area contributed by atoms with E-state index in [0.717, 1.165) is 0 Å². The molecular weight excluding hydrogens is 228 g/mol. The van der Waals surface area contributed by atoms with Gasteiger partial charge in [0.25, 0.3) is 5.92 Å². The largest absolute Gasteiger partial charge is 0.290 e. The van der Waals surface area contributed by atoms with Gasteiger partial charge in [0.1, 0.15) is 10.3 Å². The fraction of sp³-hybridized carbons (Fsp3) is 0.375. The van der Waals surface area contributed by atoms with E-state index in [4.69, 9.17) is 0 Å². The first kappa shape index (κ1) is 8.10. The molecule has 64 valence electrons. The predicted molar refractivity (Wildman–Crippen MR) is 44.2 cm³/mol. The molecule has 0 atom stereocenters. The molecule has 0 aromatic carbocycles. The second-order valence-corrected chi connectivity index (χ2v) is 3.66. The lowest BCUT2D eigenvalue weighted by Gasteiger charge is -2.07. The van der Waals surface area contributed by atoms with Crippen LogP contribution in [0.4, 0.5) is 8.78 Å². The van der Waals surface area contributed by atoms with E-state index >= 15 is 0 Å². The molecule has 0 radical (unpaired) electrons. The Hall–Kier alpha value is -0.510. The number of aromatic nitrogens is 1. The van der Waals surface area contributed by atoms with Gasteiger partial charge in [0.05, 0.1) is 0 Å². The molecule has 12 heavy (non-hydrogen) atoms. The summed E-state index contributed by atoms with van der Waals surface area (Å²) in [5, 5.41) is 0. The molecule has 0 N–H and O–H groups in total. The third kappa shape index (κ3) is 1.14. The van der Waals surface area contributed by atoms with Crippen molar-refractivity contribution in [2.75, 3.05) is 0 Å². The van der Waals surface area contributed by atoms with Crippen LogP contribution in [-0.4, -0.2) is 4.98 Å². The Balaban J connectivity index is 2.57. The van der Waals surface area contributed by atoms with Gasteiger partial charge in [0.15, 0.2) is 0 Å². The molecule has 4 heteroatoms. The monoisotopic (exact) mass is 233 g/mol. The highest BCUT2D eigenvalue weighted by molar-refractivity contribution is 9.10. The SMILES string of the molecule is FC1(F)CCc2ccc(Br)nc21. The van der Waals surface area contributed by atoms with E-state index in [9.17, 15) is 8.78 Å². The zero-order chi connectivity index (χ0) is 8.77. The maximum Gasteiger partial charge on any atom is 0.290 e. The summed E-state index contributed by atoms with van der Waals surface area (Å²) in [6, 6.07) is 3.40. The van der Waals surface area contributed by atoms with Crippen LogP contribution < -0.4 is 0 Å². The molecule has 0 unspecified atom stereocenters. The molecule has 0 saturated heterocycles. The van der Waals surface area contributed by atoms with E-state index in [-0.39, 0.29) is 12.1 Å². The highest BCUT2D eigenvalue weighted by Gasteiger charge is 2.40. The number of alkyl halides is 2. The van der Waals surface area contributed by atoms with Crippen LogP contribution in [-0.2, 0) is 12.3 Å². The molecule has 0 bridgehead atoms. The quantitative estimate of drug-likeness (QED) is 0.629. The van der Waals surface area contributed by atoms with Crippen LogP contribution in [0.25, 0.3) is 0 Å². The van der Waals surface area contributed by atoms with Gasteiger partial charge in [0.2, 0.25) is 0 Å². The standard InChI is InChI=1S/C8H6BrF2N/c9-6-2-1-5-3-4-8(10,11)7(5)12-6/h1-2H,3-4H2. The Bertz CT molecular complexity index is 325. The minimum absolute atomic E-state index is 0.0584. The first-order valence-corrected chi connectivity index (χ1v) is 4.42.